The Morgan fingerprint density at radius 2 is 1.89 bits per heavy atom. The number of nitrogens with one attached hydrogen (secondary N) is 1. The van der Waals surface area contributed by atoms with Crippen LogP contribution in [0.2, 0.25) is 0 Å². The number of ether oxygens (including phenoxy) is 1. The van der Waals surface area contributed by atoms with E-state index < -0.39 is 12.6 Å². The van der Waals surface area contributed by atoms with Crippen molar-refractivity contribution < 1.29 is 22.7 Å². The highest BCUT2D eigenvalue weighted by Crippen LogP contribution is 2.34. The lowest BCUT2D eigenvalue weighted by Gasteiger charge is -2.13. The van der Waals surface area contributed by atoms with Gasteiger partial charge in [0.1, 0.15) is 5.75 Å². The molecule has 0 amide bonds. The number of methoxy groups -OCH3 is 1. The summed E-state index contributed by atoms with van der Waals surface area (Å²) in [7, 11) is 1.60. The summed E-state index contributed by atoms with van der Waals surface area (Å²) in [5, 5.41) is 7.70. The summed E-state index contributed by atoms with van der Waals surface area (Å²) < 4.78 is 45.3. The quantitative estimate of drug-likeness (QED) is 0.236. The molecule has 1 fully saturated rings. The van der Waals surface area contributed by atoms with Crippen LogP contribution in [0.5, 0.6) is 5.75 Å². The average Bonchev–Trinajstić information content (AvgIpc) is 3.58. The first-order valence-corrected chi connectivity index (χ1v) is 12.7. The van der Waals surface area contributed by atoms with Crippen LogP contribution in [0, 0.1) is 12.8 Å². The molecule has 0 spiro atoms. The fraction of sp³-hybridized carbons (Fsp3) is 0.345. The molecule has 1 saturated carbocycles. The van der Waals surface area contributed by atoms with Crippen LogP contribution in [0.3, 0.4) is 0 Å². The molecule has 5 rings (SSSR count). The molecule has 1 aliphatic carbocycles. The number of carbonyl (C=O) groups is 1. The minimum Gasteiger partial charge on any atom is -0.497 e. The zero-order valence-corrected chi connectivity index (χ0v) is 21.3. The Balaban J connectivity index is 1.49. The summed E-state index contributed by atoms with van der Waals surface area (Å²) >= 11 is 0. The molecule has 0 bridgehead atoms. The van der Waals surface area contributed by atoms with Crippen molar-refractivity contribution in [3.63, 3.8) is 0 Å². The molecule has 38 heavy (non-hydrogen) atoms. The molecule has 0 atom stereocenters. The number of halogens is 3. The number of alkyl halides is 3. The second-order valence-corrected chi connectivity index (χ2v) is 9.85. The van der Waals surface area contributed by atoms with Crippen LogP contribution in [-0.4, -0.2) is 40.2 Å². The summed E-state index contributed by atoms with van der Waals surface area (Å²) in [5.74, 6) is 1.40. The number of fused-ring (bicyclic) bond motifs is 1. The Bertz CT molecular complexity index is 1460. The number of carbonyl (C=O) groups excluding carboxylic acids is 1. The van der Waals surface area contributed by atoms with Gasteiger partial charge in [0.25, 0.3) is 0 Å². The van der Waals surface area contributed by atoms with Gasteiger partial charge in [-0.05, 0) is 61.1 Å². The second-order valence-electron chi connectivity index (χ2n) is 9.85. The zero-order valence-electron chi connectivity index (χ0n) is 21.3. The van der Waals surface area contributed by atoms with Crippen molar-refractivity contribution >= 4 is 17.1 Å². The van der Waals surface area contributed by atoms with Gasteiger partial charge in [0, 0.05) is 30.5 Å². The maximum Gasteiger partial charge on any atom is 0.390 e. The van der Waals surface area contributed by atoms with Crippen molar-refractivity contribution in [2.75, 3.05) is 19.0 Å². The van der Waals surface area contributed by atoms with E-state index in [4.69, 9.17) is 9.84 Å². The fourth-order valence-corrected chi connectivity index (χ4v) is 4.55. The molecule has 2 aromatic carbocycles. The molecule has 0 unspecified atom stereocenters. The predicted molar refractivity (Wildman–Crippen MR) is 140 cm³/mol. The largest absolute Gasteiger partial charge is 0.497 e. The molecule has 9 heteroatoms. The van der Waals surface area contributed by atoms with Gasteiger partial charge in [-0.3, -0.25) is 4.79 Å². The molecule has 6 nitrogen and oxygen atoms in total. The Hall–Kier alpha value is -3.88. The van der Waals surface area contributed by atoms with Crippen LogP contribution < -0.4 is 10.1 Å². The van der Waals surface area contributed by atoms with Gasteiger partial charge < -0.3 is 10.1 Å². The minimum atomic E-state index is -4.26. The van der Waals surface area contributed by atoms with Gasteiger partial charge >= 0.3 is 6.18 Å². The van der Waals surface area contributed by atoms with E-state index in [0.717, 1.165) is 40.8 Å². The monoisotopic (exact) mass is 522 g/mol. The maximum atomic E-state index is 12.8. The number of rotatable bonds is 10. The number of aromatic nitrogens is 3. The van der Waals surface area contributed by atoms with Crippen LogP contribution in [0.25, 0.3) is 16.9 Å². The number of anilines is 1. The summed E-state index contributed by atoms with van der Waals surface area (Å²) in [5.41, 5.74) is 5.68. The fourth-order valence-electron chi connectivity index (χ4n) is 4.55. The Morgan fingerprint density at radius 3 is 2.55 bits per heavy atom. The van der Waals surface area contributed by atoms with Crippen LogP contribution >= 0.6 is 0 Å². The predicted octanol–water partition coefficient (Wildman–Crippen LogP) is 6.65. The maximum absolute atomic E-state index is 12.8. The highest BCUT2D eigenvalue weighted by Gasteiger charge is 2.27. The van der Waals surface area contributed by atoms with E-state index in [9.17, 15) is 18.0 Å². The number of ketones is 1. The van der Waals surface area contributed by atoms with Crippen LogP contribution in [-0.2, 0) is 6.42 Å². The van der Waals surface area contributed by atoms with E-state index in [1.807, 2.05) is 49.4 Å². The molecule has 2 aromatic heterocycles. The third kappa shape index (κ3) is 5.98. The highest BCUT2D eigenvalue weighted by atomic mass is 19.4. The average molecular weight is 523 g/mol. The topological polar surface area (TPSA) is 68.5 Å². The van der Waals surface area contributed by atoms with Gasteiger partial charge in [0.05, 0.1) is 36.8 Å². The van der Waals surface area contributed by atoms with E-state index in [-0.39, 0.29) is 12.3 Å². The lowest BCUT2D eigenvalue weighted by Crippen LogP contribution is -2.15. The van der Waals surface area contributed by atoms with Crippen molar-refractivity contribution in [3.8, 4) is 17.0 Å². The van der Waals surface area contributed by atoms with Crippen molar-refractivity contribution in [2.24, 2.45) is 5.92 Å². The molecule has 1 N–H and O–H groups in total. The molecule has 0 aliphatic heterocycles. The Kier molecular flexibility index (Phi) is 7.10. The number of hydrogen-bond donors (Lipinski definition) is 1. The third-order valence-electron chi connectivity index (χ3n) is 6.78. The van der Waals surface area contributed by atoms with E-state index in [1.54, 1.807) is 23.9 Å². The van der Waals surface area contributed by atoms with Crippen molar-refractivity contribution in [3.05, 3.63) is 77.1 Å². The summed E-state index contributed by atoms with van der Waals surface area (Å²) in [4.78, 5) is 17.2. The smallest absolute Gasteiger partial charge is 0.390 e. The number of nitrogens with zero attached hydrogens (tertiary/aromatic N) is 3. The standard InChI is InChI=1S/C29H29F3N4O2/c1-18-13-21(7-10-24(18)27(37)15-20-3-4-20)26-17-34-28-25(33-12-11-29(30,31)32)16-22(35-36(26)28)14-19-5-8-23(38-2)9-6-19/h5-10,13,16-17,20,33H,3-4,11-12,14-15H2,1-2H3. The van der Waals surface area contributed by atoms with Crippen LogP contribution in [0.4, 0.5) is 18.9 Å². The van der Waals surface area contributed by atoms with E-state index in [2.05, 4.69) is 10.3 Å². The van der Waals surface area contributed by atoms with Gasteiger partial charge in [-0.15, -0.1) is 0 Å². The summed E-state index contributed by atoms with van der Waals surface area (Å²) in [6.07, 6.45) is -0.270. The number of imidazole rings is 1. The normalized spacial score (nSPS) is 13.6. The van der Waals surface area contributed by atoms with Crippen molar-refractivity contribution in [1.82, 2.24) is 14.6 Å². The molecule has 2 heterocycles. The first-order valence-electron chi connectivity index (χ1n) is 12.7. The molecule has 0 saturated heterocycles. The molecule has 1 aliphatic rings. The van der Waals surface area contributed by atoms with E-state index >= 15 is 0 Å². The van der Waals surface area contributed by atoms with E-state index in [0.29, 0.717) is 41.5 Å². The zero-order chi connectivity index (χ0) is 26.9. The lowest BCUT2D eigenvalue weighted by molar-refractivity contribution is -0.131. The van der Waals surface area contributed by atoms with Crippen LogP contribution in [0.1, 0.15) is 52.9 Å². The van der Waals surface area contributed by atoms with Gasteiger partial charge in [0.15, 0.2) is 11.4 Å². The van der Waals surface area contributed by atoms with Crippen molar-refractivity contribution in [1.29, 1.82) is 0 Å². The third-order valence-corrected chi connectivity index (χ3v) is 6.78. The molecule has 4 aromatic rings. The summed E-state index contributed by atoms with van der Waals surface area (Å²) in [6.45, 7) is 1.64. The summed E-state index contributed by atoms with van der Waals surface area (Å²) in [6, 6.07) is 15.0. The molecule has 198 valence electrons. The van der Waals surface area contributed by atoms with Crippen molar-refractivity contribution in [2.45, 2.75) is 45.2 Å². The van der Waals surface area contributed by atoms with Gasteiger partial charge in [-0.1, -0.05) is 24.3 Å². The lowest BCUT2D eigenvalue weighted by atomic mass is 9.98. The Morgan fingerprint density at radius 1 is 1.13 bits per heavy atom. The molecule has 0 radical (unpaired) electrons. The second kappa shape index (κ2) is 10.5. The first-order chi connectivity index (χ1) is 18.2. The molecular formula is C29H29F3N4O2. The Labute approximate surface area is 218 Å². The minimum absolute atomic E-state index is 0.158. The van der Waals surface area contributed by atoms with Gasteiger partial charge in [-0.2, -0.15) is 18.3 Å². The number of aryl methyl sites for hydroxylation is 1. The van der Waals surface area contributed by atoms with Gasteiger partial charge in [-0.25, -0.2) is 9.50 Å². The van der Waals surface area contributed by atoms with Gasteiger partial charge in [0.2, 0.25) is 0 Å². The highest BCUT2D eigenvalue weighted by molar-refractivity contribution is 5.98. The van der Waals surface area contributed by atoms with E-state index in [1.165, 1.54) is 0 Å². The number of Topliss-reactive ketones (excluding diaryl/α,β-unsaturated/α-hetero) is 1. The SMILES string of the molecule is COc1ccc(Cc2cc(NCCC(F)(F)F)c3ncc(-c4ccc(C(=O)CC5CC5)c(C)c4)n3n2)cc1. The first kappa shape index (κ1) is 25.8. The molecular weight excluding hydrogens is 493 g/mol. The number of benzene rings is 2. The number of hydrogen-bond acceptors (Lipinski definition) is 5. The van der Waals surface area contributed by atoms with Crippen LogP contribution in [0.15, 0.2) is 54.7 Å².